The van der Waals surface area contributed by atoms with Gasteiger partial charge in [-0.3, -0.25) is 4.90 Å². The van der Waals surface area contributed by atoms with Gasteiger partial charge in [0.1, 0.15) is 16.8 Å². The molecule has 1 fully saturated rings. The van der Waals surface area contributed by atoms with Crippen molar-refractivity contribution in [2.45, 2.75) is 58.3 Å². The van der Waals surface area contributed by atoms with Crippen molar-refractivity contribution in [2.24, 2.45) is 10.3 Å². The Morgan fingerprint density at radius 3 is 2.35 bits per heavy atom. The SMILES string of the molecule is CC(=NS(=O)C(C)(C)C)c1cccc(C(F)(F)C2CN(C(C)C)C2)c1F. The third kappa shape index (κ3) is 4.19. The summed E-state index contributed by atoms with van der Waals surface area (Å²) in [6.07, 6.45) is 0. The van der Waals surface area contributed by atoms with E-state index in [4.69, 9.17) is 0 Å². The highest BCUT2D eigenvalue weighted by molar-refractivity contribution is 7.85. The summed E-state index contributed by atoms with van der Waals surface area (Å²) >= 11 is 0. The van der Waals surface area contributed by atoms with Crippen molar-refractivity contribution in [3.05, 3.63) is 35.1 Å². The minimum absolute atomic E-state index is 0.0279. The first-order valence-electron chi connectivity index (χ1n) is 8.74. The van der Waals surface area contributed by atoms with Gasteiger partial charge in [-0.25, -0.2) is 17.4 Å². The van der Waals surface area contributed by atoms with Gasteiger partial charge in [0, 0.05) is 24.7 Å². The van der Waals surface area contributed by atoms with Gasteiger partial charge in [0.2, 0.25) is 0 Å². The summed E-state index contributed by atoms with van der Waals surface area (Å²) in [5.41, 5.74) is -0.481. The van der Waals surface area contributed by atoms with Gasteiger partial charge in [-0.2, -0.15) is 4.40 Å². The number of rotatable bonds is 5. The highest BCUT2D eigenvalue weighted by Gasteiger charge is 2.49. The topological polar surface area (TPSA) is 32.7 Å². The van der Waals surface area contributed by atoms with E-state index in [0.29, 0.717) is 0 Å². The lowest BCUT2D eigenvalue weighted by molar-refractivity contribution is -0.132. The van der Waals surface area contributed by atoms with Gasteiger partial charge >= 0.3 is 0 Å². The predicted octanol–water partition coefficient (Wildman–Crippen LogP) is 4.53. The number of hydrogen-bond donors (Lipinski definition) is 0. The van der Waals surface area contributed by atoms with Crippen LogP contribution in [0.25, 0.3) is 0 Å². The van der Waals surface area contributed by atoms with Gasteiger partial charge in [-0.15, -0.1) is 0 Å². The molecule has 7 heteroatoms. The summed E-state index contributed by atoms with van der Waals surface area (Å²) in [6, 6.07) is 4.12. The molecule has 0 bridgehead atoms. The van der Waals surface area contributed by atoms with Crippen LogP contribution in [0.2, 0.25) is 0 Å². The van der Waals surface area contributed by atoms with Crippen molar-refractivity contribution in [3.8, 4) is 0 Å². The van der Waals surface area contributed by atoms with Crippen molar-refractivity contribution < 1.29 is 17.4 Å². The molecule has 1 aromatic carbocycles. The molecule has 1 aliphatic heterocycles. The van der Waals surface area contributed by atoms with Crippen molar-refractivity contribution in [1.82, 2.24) is 4.90 Å². The third-order valence-corrected chi connectivity index (χ3v) is 6.13. The molecule has 3 nitrogen and oxygen atoms in total. The Kier molecular flexibility index (Phi) is 6.03. The fourth-order valence-electron chi connectivity index (χ4n) is 2.76. The normalized spacial score (nSPS) is 18.9. The maximum Gasteiger partial charge on any atom is 0.281 e. The molecule has 1 heterocycles. The third-order valence-electron chi connectivity index (χ3n) is 4.64. The van der Waals surface area contributed by atoms with Crippen molar-refractivity contribution in [1.29, 1.82) is 0 Å². The summed E-state index contributed by atoms with van der Waals surface area (Å²) in [7, 11) is -1.59. The van der Waals surface area contributed by atoms with Gasteiger partial charge in [-0.1, -0.05) is 18.2 Å². The first-order chi connectivity index (χ1) is 11.9. The van der Waals surface area contributed by atoms with E-state index < -0.39 is 39.0 Å². The Morgan fingerprint density at radius 1 is 1.27 bits per heavy atom. The molecular weight excluding hydrogens is 361 g/mol. The molecule has 0 radical (unpaired) electrons. The molecule has 26 heavy (non-hydrogen) atoms. The van der Waals surface area contributed by atoms with E-state index in [1.54, 1.807) is 20.8 Å². The van der Waals surface area contributed by atoms with E-state index in [9.17, 15) is 17.4 Å². The van der Waals surface area contributed by atoms with Gasteiger partial charge in [0.25, 0.3) is 5.92 Å². The second-order valence-corrected chi connectivity index (χ2v) is 9.98. The van der Waals surface area contributed by atoms with Crippen molar-refractivity contribution in [3.63, 3.8) is 0 Å². The van der Waals surface area contributed by atoms with Crippen LogP contribution in [0, 0.1) is 11.7 Å². The molecule has 1 saturated heterocycles. The predicted molar refractivity (Wildman–Crippen MR) is 101 cm³/mol. The van der Waals surface area contributed by atoms with E-state index in [1.807, 2.05) is 18.7 Å². The summed E-state index contributed by atoms with van der Waals surface area (Å²) in [6.45, 7) is 11.1. The molecule has 0 saturated carbocycles. The first kappa shape index (κ1) is 21.1. The Hall–Kier alpha value is -1.21. The quantitative estimate of drug-likeness (QED) is 0.695. The fraction of sp³-hybridized carbons (Fsp3) is 0.632. The van der Waals surface area contributed by atoms with Crippen LogP contribution in [0.15, 0.2) is 22.6 Å². The molecule has 0 N–H and O–H groups in total. The number of benzene rings is 1. The molecule has 146 valence electrons. The van der Waals surface area contributed by atoms with E-state index in [0.717, 1.165) is 6.07 Å². The Bertz CT molecular complexity index is 720. The first-order valence-corrected chi connectivity index (χ1v) is 9.85. The van der Waals surface area contributed by atoms with Gasteiger partial charge in [0.15, 0.2) is 0 Å². The second-order valence-electron chi connectivity index (χ2n) is 8.07. The van der Waals surface area contributed by atoms with Crippen molar-refractivity contribution >= 4 is 16.7 Å². The van der Waals surface area contributed by atoms with Crippen molar-refractivity contribution in [2.75, 3.05) is 13.1 Å². The van der Waals surface area contributed by atoms with Crippen LogP contribution in [0.5, 0.6) is 0 Å². The Morgan fingerprint density at radius 2 is 1.85 bits per heavy atom. The summed E-state index contributed by atoms with van der Waals surface area (Å²) in [5.74, 6) is -5.14. The molecule has 2 rings (SSSR count). The average molecular weight is 388 g/mol. The van der Waals surface area contributed by atoms with Crippen LogP contribution in [0.3, 0.4) is 0 Å². The monoisotopic (exact) mass is 388 g/mol. The van der Waals surface area contributed by atoms with E-state index in [2.05, 4.69) is 4.40 Å². The maximum absolute atomic E-state index is 14.9. The number of likely N-dealkylation sites (tertiary alicyclic amines) is 1. The lowest BCUT2D eigenvalue weighted by Crippen LogP contribution is -2.56. The fourth-order valence-corrected chi connectivity index (χ4v) is 3.38. The molecule has 0 aliphatic carbocycles. The average Bonchev–Trinajstić information content (AvgIpc) is 2.43. The zero-order chi connectivity index (χ0) is 19.9. The number of hydrogen-bond acceptors (Lipinski definition) is 2. The zero-order valence-corrected chi connectivity index (χ0v) is 17.0. The summed E-state index contributed by atoms with van der Waals surface area (Å²) in [4.78, 5) is 1.93. The standard InChI is InChI=1S/C19H27F3N2OS/c1-12(2)24-10-14(11-24)19(21,22)16-9-7-8-15(17(16)20)13(3)23-26(25)18(4,5)6/h7-9,12,14H,10-11H2,1-6H3. The maximum atomic E-state index is 14.9. The van der Waals surface area contributed by atoms with Gasteiger partial charge < -0.3 is 0 Å². The molecule has 1 aliphatic rings. The van der Waals surface area contributed by atoms with Crippen LogP contribution >= 0.6 is 0 Å². The highest BCUT2D eigenvalue weighted by Crippen LogP contribution is 2.43. The molecule has 1 atom stereocenters. The van der Waals surface area contributed by atoms with Gasteiger partial charge in [0.05, 0.1) is 21.9 Å². The van der Waals surface area contributed by atoms with Crippen LogP contribution < -0.4 is 0 Å². The van der Waals surface area contributed by atoms with E-state index in [1.165, 1.54) is 19.1 Å². The summed E-state index contributed by atoms with van der Waals surface area (Å²) < 4.78 is 60.1. The van der Waals surface area contributed by atoms with E-state index in [-0.39, 0.29) is 30.4 Å². The number of nitrogens with zero attached hydrogens (tertiary/aromatic N) is 2. The number of alkyl halides is 2. The second kappa shape index (κ2) is 7.43. The highest BCUT2D eigenvalue weighted by atomic mass is 32.2. The molecular formula is C19H27F3N2OS. The van der Waals surface area contributed by atoms with Gasteiger partial charge in [-0.05, 0) is 41.5 Å². The lowest BCUT2D eigenvalue weighted by atomic mass is 9.86. The molecule has 0 aromatic heterocycles. The van der Waals surface area contributed by atoms with Crippen LogP contribution in [-0.4, -0.2) is 38.7 Å². The molecule has 1 unspecified atom stereocenters. The Labute approximate surface area is 156 Å². The molecule has 0 spiro atoms. The largest absolute Gasteiger partial charge is 0.300 e. The summed E-state index contributed by atoms with van der Waals surface area (Å²) in [5, 5.41) is 0. The molecule has 1 aromatic rings. The lowest BCUT2D eigenvalue weighted by Gasteiger charge is -2.45. The van der Waals surface area contributed by atoms with E-state index >= 15 is 0 Å². The number of halogens is 3. The smallest absolute Gasteiger partial charge is 0.281 e. The zero-order valence-electron chi connectivity index (χ0n) is 16.1. The van der Waals surface area contributed by atoms with Crippen LogP contribution in [0.4, 0.5) is 13.2 Å². The van der Waals surface area contributed by atoms with Crippen LogP contribution in [0.1, 0.15) is 52.7 Å². The molecule has 0 amide bonds. The minimum atomic E-state index is -3.26. The van der Waals surface area contributed by atoms with Crippen LogP contribution in [-0.2, 0) is 16.9 Å². The minimum Gasteiger partial charge on any atom is -0.300 e. The Balaban J connectivity index is 2.32.